The second kappa shape index (κ2) is 2.74. The summed E-state index contributed by atoms with van der Waals surface area (Å²) in [6.45, 7) is 4.56. The van der Waals surface area contributed by atoms with Crippen LogP contribution in [0.25, 0.3) is 0 Å². The van der Waals surface area contributed by atoms with Crippen LogP contribution in [0.2, 0.25) is 0 Å². The molecule has 0 fully saturated rings. The summed E-state index contributed by atoms with van der Waals surface area (Å²) in [6.07, 6.45) is 1.50. The number of nitrogens with zero attached hydrogens (tertiary/aromatic N) is 2. The molecule has 1 aromatic rings. The Morgan fingerprint density at radius 1 is 1.82 bits per heavy atom. The van der Waals surface area contributed by atoms with Crippen molar-refractivity contribution in [3.05, 3.63) is 17.5 Å². The molecule has 1 heterocycles. The van der Waals surface area contributed by atoms with Crippen molar-refractivity contribution in [2.75, 3.05) is 0 Å². The fraction of sp³-hybridized carbons (Fsp3) is 0.429. The van der Waals surface area contributed by atoms with Gasteiger partial charge in [-0.2, -0.15) is 5.10 Å². The predicted molar refractivity (Wildman–Crippen MR) is 41.2 cm³/mol. The van der Waals surface area contributed by atoms with Crippen LogP contribution in [0.5, 0.6) is 0 Å². The summed E-state index contributed by atoms with van der Waals surface area (Å²) in [6, 6.07) is 0. The van der Waals surface area contributed by atoms with Gasteiger partial charge in [0, 0.05) is 12.2 Å². The highest BCUT2D eigenvalue weighted by atomic mass is 16.1. The number of rotatable bonds is 2. The summed E-state index contributed by atoms with van der Waals surface area (Å²) in [5.74, 6) is -0.415. The molecule has 1 amide bonds. The second-order valence-electron chi connectivity index (χ2n) is 2.32. The van der Waals surface area contributed by atoms with Crippen molar-refractivity contribution in [1.82, 2.24) is 9.78 Å². The molecule has 0 saturated heterocycles. The van der Waals surface area contributed by atoms with E-state index >= 15 is 0 Å². The minimum absolute atomic E-state index is 0.415. The summed E-state index contributed by atoms with van der Waals surface area (Å²) in [5, 5.41) is 3.97. The van der Waals surface area contributed by atoms with Gasteiger partial charge in [0.2, 0.25) is 0 Å². The Bertz CT molecular complexity index is 277. The number of hydrogen-bond donors (Lipinski definition) is 1. The highest BCUT2D eigenvalue weighted by Crippen LogP contribution is 2.04. The van der Waals surface area contributed by atoms with E-state index in [2.05, 4.69) is 5.10 Å². The predicted octanol–water partition coefficient (Wildman–Crippen LogP) is 0.310. The minimum Gasteiger partial charge on any atom is -0.365 e. The highest BCUT2D eigenvalue weighted by Gasteiger charge is 2.08. The van der Waals surface area contributed by atoms with Gasteiger partial charge < -0.3 is 5.73 Å². The lowest BCUT2D eigenvalue weighted by Crippen LogP contribution is -2.12. The van der Waals surface area contributed by atoms with Crippen LogP contribution in [0.15, 0.2) is 6.20 Å². The lowest BCUT2D eigenvalue weighted by atomic mass is 10.2. The zero-order valence-electron chi connectivity index (χ0n) is 6.66. The van der Waals surface area contributed by atoms with Crippen molar-refractivity contribution in [3.8, 4) is 0 Å². The first kappa shape index (κ1) is 7.78. The smallest absolute Gasteiger partial charge is 0.252 e. The Hall–Kier alpha value is -1.32. The third-order valence-electron chi connectivity index (χ3n) is 1.67. The molecule has 4 nitrogen and oxygen atoms in total. The Kier molecular flexibility index (Phi) is 1.94. The van der Waals surface area contributed by atoms with Crippen LogP contribution in [-0.2, 0) is 6.54 Å². The Labute approximate surface area is 65.0 Å². The van der Waals surface area contributed by atoms with Gasteiger partial charge in [0.1, 0.15) is 0 Å². The third kappa shape index (κ3) is 1.24. The summed E-state index contributed by atoms with van der Waals surface area (Å²) in [5.41, 5.74) is 6.43. The number of aromatic nitrogens is 2. The van der Waals surface area contributed by atoms with Gasteiger partial charge in [-0.25, -0.2) is 0 Å². The third-order valence-corrected chi connectivity index (χ3v) is 1.67. The standard InChI is InChI=1S/C7H11N3O/c1-3-10-5(2)6(4-9-10)7(8)11/h4H,3H2,1-2H3,(H2,8,11). The quantitative estimate of drug-likeness (QED) is 0.664. The monoisotopic (exact) mass is 153 g/mol. The van der Waals surface area contributed by atoms with E-state index in [-0.39, 0.29) is 0 Å². The Morgan fingerprint density at radius 2 is 2.45 bits per heavy atom. The van der Waals surface area contributed by atoms with Gasteiger partial charge in [-0.3, -0.25) is 9.48 Å². The molecule has 0 aromatic carbocycles. The number of primary amides is 1. The van der Waals surface area contributed by atoms with Crippen molar-refractivity contribution >= 4 is 5.91 Å². The van der Waals surface area contributed by atoms with E-state index in [0.717, 1.165) is 12.2 Å². The van der Waals surface area contributed by atoms with Gasteiger partial charge in [-0.05, 0) is 13.8 Å². The zero-order chi connectivity index (χ0) is 8.43. The number of amides is 1. The summed E-state index contributed by atoms with van der Waals surface area (Å²) < 4.78 is 1.74. The molecule has 1 aromatic heterocycles. The molecule has 1 rings (SSSR count). The van der Waals surface area contributed by atoms with E-state index in [4.69, 9.17) is 5.73 Å². The molecule has 0 spiro atoms. The van der Waals surface area contributed by atoms with Gasteiger partial charge in [0.05, 0.1) is 11.8 Å². The maximum absolute atomic E-state index is 10.7. The van der Waals surface area contributed by atoms with Crippen molar-refractivity contribution in [3.63, 3.8) is 0 Å². The van der Waals surface area contributed by atoms with Crippen molar-refractivity contribution in [2.24, 2.45) is 5.73 Å². The molecule has 11 heavy (non-hydrogen) atoms. The largest absolute Gasteiger partial charge is 0.365 e. The average molecular weight is 153 g/mol. The molecule has 0 unspecified atom stereocenters. The van der Waals surface area contributed by atoms with Crippen LogP contribution < -0.4 is 5.73 Å². The van der Waals surface area contributed by atoms with Crippen LogP contribution in [0.4, 0.5) is 0 Å². The summed E-state index contributed by atoms with van der Waals surface area (Å²) in [4.78, 5) is 10.7. The van der Waals surface area contributed by atoms with Crippen LogP contribution in [-0.4, -0.2) is 15.7 Å². The van der Waals surface area contributed by atoms with E-state index in [0.29, 0.717) is 5.56 Å². The molecule has 60 valence electrons. The normalized spacial score (nSPS) is 10.0. The Balaban J connectivity index is 3.10. The molecule has 0 saturated carbocycles. The lowest BCUT2D eigenvalue weighted by molar-refractivity contribution is 0.0999. The number of nitrogens with two attached hydrogens (primary N) is 1. The first-order valence-corrected chi connectivity index (χ1v) is 3.49. The number of carbonyl (C=O) groups excluding carboxylic acids is 1. The van der Waals surface area contributed by atoms with Crippen molar-refractivity contribution in [2.45, 2.75) is 20.4 Å². The number of hydrogen-bond acceptors (Lipinski definition) is 2. The van der Waals surface area contributed by atoms with Crippen molar-refractivity contribution in [1.29, 1.82) is 0 Å². The minimum atomic E-state index is -0.415. The van der Waals surface area contributed by atoms with Gasteiger partial charge in [-0.1, -0.05) is 0 Å². The topological polar surface area (TPSA) is 60.9 Å². The van der Waals surface area contributed by atoms with E-state index in [1.165, 1.54) is 6.20 Å². The molecule has 0 radical (unpaired) electrons. The van der Waals surface area contributed by atoms with Crippen LogP contribution in [0, 0.1) is 6.92 Å². The van der Waals surface area contributed by atoms with E-state index in [9.17, 15) is 4.79 Å². The van der Waals surface area contributed by atoms with E-state index < -0.39 is 5.91 Å². The second-order valence-corrected chi connectivity index (χ2v) is 2.32. The van der Waals surface area contributed by atoms with E-state index in [1.54, 1.807) is 4.68 Å². The number of carbonyl (C=O) groups is 1. The van der Waals surface area contributed by atoms with E-state index in [1.807, 2.05) is 13.8 Å². The highest BCUT2D eigenvalue weighted by molar-refractivity contribution is 5.93. The van der Waals surface area contributed by atoms with Gasteiger partial charge in [-0.15, -0.1) is 0 Å². The molecule has 4 heteroatoms. The first-order chi connectivity index (χ1) is 5.16. The molecule has 0 aliphatic heterocycles. The van der Waals surface area contributed by atoms with Crippen LogP contribution >= 0.6 is 0 Å². The molecular weight excluding hydrogens is 142 g/mol. The maximum Gasteiger partial charge on any atom is 0.252 e. The number of aryl methyl sites for hydroxylation is 1. The molecule has 2 N–H and O–H groups in total. The molecule has 0 aliphatic carbocycles. The molecular formula is C7H11N3O. The zero-order valence-corrected chi connectivity index (χ0v) is 6.66. The van der Waals surface area contributed by atoms with Crippen LogP contribution in [0.3, 0.4) is 0 Å². The fourth-order valence-electron chi connectivity index (χ4n) is 1.01. The van der Waals surface area contributed by atoms with Gasteiger partial charge in [0.25, 0.3) is 5.91 Å². The molecule has 0 atom stereocenters. The summed E-state index contributed by atoms with van der Waals surface area (Å²) in [7, 11) is 0. The SMILES string of the molecule is CCn1ncc(C(N)=O)c1C. The summed E-state index contributed by atoms with van der Waals surface area (Å²) >= 11 is 0. The molecule has 0 aliphatic rings. The maximum atomic E-state index is 10.7. The fourth-order valence-corrected chi connectivity index (χ4v) is 1.01. The van der Waals surface area contributed by atoms with Crippen molar-refractivity contribution < 1.29 is 4.79 Å². The van der Waals surface area contributed by atoms with Gasteiger partial charge >= 0.3 is 0 Å². The Morgan fingerprint density at radius 3 is 2.73 bits per heavy atom. The average Bonchev–Trinajstić information content (AvgIpc) is 2.30. The molecule has 0 bridgehead atoms. The van der Waals surface area contributed by atoms with Crippen LogP contribution in [0.1, 0.15) is 23.0 Å². The first-order valence-electron chi connectivity index (χ1n) is 3.49. The lowest BCUT2D eigenvalue weighted by Gasteiger charge is -1.98. The van der Waals surface area contributed by atoms with Gasteiger partial charge in [0.15, 0.2) is 0 Å².